The molecule has 104 valence electrons. The van der Waals surface area contributed by atoms with Crippen molar-refractivity contribution >= 4 is 6.09 Å². The van der Waals surface area contributed by atoms with Gasteiger partial charge in [-0.15, -0.1) is 0 Å². The topological polar surface area (TPSA) is 50.4 Å². The van der Waals surface area contributed by atoms with E-state index in [-0.39, 0.29) is 18.2 Å². The van der Waals surface area contributed by atoms with E-state index in [2.05, 4.69) is 10.6 Å². The zero-order valence-electron chi connectivity index (χ0n) is 11.8. The minimum Gasteiger partial charge on any atom is -0.444 e. The molecular formula is C15H22N2O2. The van der Waals surface area contributed by atoms with Crippen molar-refractivity contribution in [2.24, 2.45) is 0 Å². The first-order chi connectivity index (χ1) is 8.96. The molecule has 4 heteroatoms. The zero-order valence-corrected chi connectivity index (χ0v) is 11.8. The Bertz CT molecular complexity index is 422. The SMILES string of the molecule is CC(C)(C)OC(=O)NC(c1ccccc1)C1CCN1. The Hall–Kier alpha value is -1.55. The standard InChI is InChI=1S/C15H22N2O2/c1-15(2,3)19-14(18)17-13(12-9-10-16-12)11-7-5-4-6-8-11/h4-8,12-13,16H,9-10H2,1-3H3,(H,17,18). The molecule has 0 bridgehead atoms. The van der Waals surface area contributed by atoms with Crippen LogP contribution in [-0.2, 0) is 4.74 Å². The lowest BCUT2D eigenvalue weighted by Crippen LogP contribution is -2.52. The van der Waals surface area contributed by atoms with Crippen LogP contribution in [0, 0.1) is 0 Å². The third kappa shape index (κ3) is 3.96. The number of carbonyl (C=O) groups is 1. The zero-order chi connectivity index (χ0) is 13.9. The number of nitrogens with one attached hydrogen (secondary N) is 2. The lowest BCUT2D eigenvalue weighted by molar-refractivity contribution is 0.0481. The number of ether oxygens (including phenoxy) is 1. The van der Waals surface area contributed by atoms with E-state index in [0.717, 1.165) is 18.5 Å². The monoisotopic (exact) mass is 262 g/mol. The number of hydrogen-bond acceptors (Lipinski definition) is 3. The summed E-state index contributed by atoms with van der Waals surface area (Å²) in [6.07, 6.45) is 0.699. The Labute approximate surface area is 114 Å². The van der Waals surface area contributed by atoms with Crippen LogP contribution in [0.2, 0.25) is 0 Å². The van der Waals surface area contributed by atoms with Crippen molar-refractivity contribution < 1.29 is 9.53 Å². The van der Waals surface area contributed by atoms with Gasteiger partial charge in [0.15, 0.2) is 0 Å². The minimum atomic E-state index is -0.474. The second-order valence-electron chi connectivity index (χ2n) is 5.88. The molecule has 0 aromatic heterocycles. The highest BCUT2D eigenvalue weighted by Crippen LogP contribution is 2.23. The van der Waals surface area contributed by atoms with Gasteiger partial charge in [0, 0.05) is 6.04 Å². The number of hydrogen-bond donors (Lipinski definition) is 2. The molecule has 1 heterocycles. The maximum atomic E-state index is 11.9. The van der Waals surface area contributed by atoms with Crippen molar-refractivity contribution in [1.29, 1.82) is 0 Å². The van der Waals surface area contributed by atoms with Crippen LogP contribution in [-0.4, -0.2) is 24.3 Å². The highest BCUT2D eigenvalue weighted by Gasteiger charge is 2.30. The second-order valence-corrected chi connectivity index (χ2v) is 5.88. The van der Waals surface area contributed by atoms with E-state index < -0.39 is 5.60 Å². The van der Waals surface area contributed by atoms with Gasteiger partial charge in [-0.1, -0.05) is 30.3 Å². The second kappa shape index (κ2) is 5.61. The Kier molecular flexibility index (Phi) is 4.10. The molecule has 1 fully saturated rings. The molecule has 0 saturated carbocycles. The average molecular weight is 262 g/mol. The summed E-state index contributed by atoms with van der Waals surface area (Å²) in [5.41, 5.74) is 0.629. The highest BCUT2D eigenvalue weighted by molar-refractivity contribution is 5.68. The fourth-order valence-corrected chi connectivity index (χ4v) is 2.11. The minimum absolute atomic E-state index is 0.0372. The molecule has 1 saturated heterocycles. The predicted molar refractivity (Wildman–Crippen MR) is 75.0 cm³/mol. The molecule has 1 aliphatic rings. The lowest BCUT2D eigenvalue weighted by atomic mass is 9.92. The fraction of sp³-hybridized carbons (Fsp3) is 0.533. The Morgan fingerprint density at radius 1 is 1.37 bits per heavy atom. The van der Waals surface area contributed by atoms with Gasteiger partial charge < -0.3 is 15.4 Å². The van der Waals surface area contributed by atoms with Crippen molar-refractivity contribution in [2.45, 2.75) is 44.9 Å². The summed E-state index contributed by atoms with van der Waals surface area (Å²) < 4.78 is 5.33. The maximum absolute atomic E-state index is 11.9. The van der Waals surface area contributed by atoms with Gasteiger partial charge in [0.25, 0.3) is 0 Å². The van der Waals surface area contributed by atoms with Gasteiger partial charge in [-0.3, -0.25) is 0 Å². The maximum Gasteiger partial charge on any atom is 0.408 e. The molecule has 1 amide bonds. The first kappa shape index (κ1) is 13.9. The van der Waals surface area contributed by atoms with E-state index in [1.165, 1.54) is 0 Å². The first-order valence-electron chi connectivity index (χ1n) is 6.73. The van der Waals surface area contributed by atoms with E-state index >= 15 is 0 Å². The van der Waals surface area contributed by atoms with Gasteiger partial charge in [0.2, 0.25) is 0 Å². The third-order valence-electron chi connectivity index (χ3n) is 3.10. The average Bonchev–Trinajstić information content (AvgIpc) is 2.24. The van der Waals surface area contributed by atoms with Gasteiger partial charge in [-0.25, -0.2) is 4.79 Å². The highest BCUT2D eigenvalue weighted by atomic mass is 16.6. The quantitative estimate of drug-likeness (QED) is 0.880. The van der Waals surface area contributed by atoms with Crippen LogP contribution >= 0.6 is 0 Å². The van der Waals surface area contributed by atoms with Gasteiger partial charge in [-0.2, -0.15) is 0 Å². The molecule has 2 N–H and O–H groups in total. The predicted octanol–water partition coefficient (Wildman–Crippen LogP) is 2.61. The number of alkyl carbamates (subject to hydrolysis) is 1. The number of benzene rings is 1. The molecule has 0 aliphatic carbocycles. The van der Waals surface area contributed by atoms with Gasteiger partial charge in [0.05, 0.1) is 6.04 Å². The molecule has 19 heavy (non-hydrogen) atoms. The van der Waals surface area contributed by atoms with E-state index in [4.69, 9.17) is 4.74 Å². The van der Waals surface area contributed by atoms with Crippen molar-refractivity contribution in [3.63, 3.8) is 0 Å². The Morgan fingerprint density at radius 2 is 2.00 bits per heavy atom. The summed E-state index contributed by atoms with van der Waals surface area (Å²) in [6, 6.07) is 10.3. The molecule has 1 aliphatic heterocycles. The van der Waals surface area contributed by atoms with Crippen molar-refractivity contribution in [3.05, 3.63) is 35.9 Å². The van der Waals surface area contributed by atoms with Crippen LogP contribution in [0.5, 0.6) is 0 Å². The van der Waals surface area contributed by atoms with Gasteiger partial charge in [-0.05, 0) is 39.3 Å². The molecule has 1 aromatic carbocycles. The number of carbonyl (C=O) groups excluding carboxylic acids is 1. The summed E-state index contributed by atoms with van der Waals surface area (Å²) in [4.78, 5) is 11.9. The molecule has 0 spiro atoms. The summed E-state index contributed by atoms with van der Waals surface area (Å²) in [5, 5.41) is 6.31. The molecule has 4 nitrogen and oxygen atoms in total. The normalized spacial score (nSPS) is 20.3. The van der Waals surface area contributed by atoms with Crippen LogP contribution in [0.1, 0.15) is 38.8 Å². The Balaban J connectivity index is 2.05. The number of amides is 1. The van der Waals surface area contributed by atoms with E-state index in [0.29, 0.717) is 0 Å². The van der Waals surface area contributed by atoms with Gasteiger partial charge in [0.1, 0.15) is 5.60 Å². The van der Waals surface area contributed by atoms with Crippen LogP contribution in [0.3, 0.4) is 0 Å². The Morgan fingerprint density at radius 3 is 2.47 bits per heavy atom. The van der Waals surface area contributed by atoms with E-state index in [1.54, 1.807) is 0 Å². The third-order valence-corrected chi connectivity index (χ3v) is 3.10. The smallest absolute Gasteiger partial charge is 0.408 e. The molecule has 2 unspecified atom stereocenters. The molecule has 2 rings (SSSR count). The van der Waals surface area contributed by atoms with Crippen molar-refractivity contribution in [3.8, 4) is 0 Å². The largest absolute Gasteiger partial charge is 0.444 e. The fourth-order valence-electron chi connectivity index (χ4n) is 2.11. The lowest BCUT2D eigenvalue weighted by Gasteiger charge is -2.36. The molecule has 2 atom stereocenters. The summed E-state index contributed by atoms with van der Waals surface area (Å²) in [5.74, 6) is 0. The van der Waals surface area contributed by atoms with Crippen LogP contribution < -0.4 is 10.6 Å². The van der Waals surface area contributed by atoms with Gasteiger partial charge >= 0.3 is 6.09 Å². The number of rotatable bonds is 3. The van der Waals surface area contributed by atoms with Crippen LogP contribution in [0.25, 0.3) is 0 Å². The summed E-state index contributed by atoms with van der Waals surface area (Å²) >= 11 is 0. The summed E-state index contributed by atoms with van der Waals surface area (Å²) in [6.45, 7) is 6.60. The van der Waals surface area contributed by atoms with E-state index in [9.17, 15) is 4.79 Å². The van der Waals surface area contributed by atoms with Crippen molar-refractivity contribution in [2.75, 3.05) is 6.54 Å². The van der Waals surface area contributed by atoms with Crippen LogP contribution in [0.4, 0.5) is 4.79 Å². The summed E-state index contributed by atoms with van der Waals surface area (Å²) in [7, 11) is 0. The van der Waals surface area contributed by atoms with E-state index in [1.807, 2.05) is 51.1 Å². The van der Waals surface area contributed by atoms with Crippen LogP contribution in [0.15, 0.2) is 30.3 Å². The van der Waals surface area contributed by atoms with Crippen molar-refractivity contribution in [1.82, 2.24) is 10.6 Å². The molecular weight excluding hydrogens is 240 g/mol. The first-order valence-corrected chi connectivity index (χ1v) is 6.73. The molecule has 0 radical (unpaired) electrons. The molecule has 1 aromatic rings.